The van der Waals surface area contributed by atoms with Gasteiger partial charge in [0.1, 0.15) is 5.92 Å². The molecule has 5 heteroatoms. The van der Waals surface area contributed by atoms with Crippen LogP contribution in [0.15, 0.2) is 48.7 Å². The van der Waals surface area contributed by atoms with Gasteiger partial charge in [0.2, 0.25) is 0 Å². The van der Waals surface area contributed by atoms with Crippen LogP contribution >= 0.6 is 12.2 Å². The van der Waals surface area contributed by atoms with Crippen LogP contribution in [0.1, 0.15) is 29.7 Å². The first-order valence-electron chi connectivity index (χ1n) is 7.53. The van der Waals surface area contributed by atoms with Crippen molar-refractivity contribution in [3.8, 4) is 0 Å². The zero-order chi connectivity index (χ0) is 16.7. The third kappa shape index (κ3) is 4.60. The van der Waals surface area contributed by atoms with E-state index in [1.807, 2.05) is 37.3 Å². The molecule has 0 spiro atoms. The lowest BCUT2D eigenvalue weighted by Crippen LogP contribution is -2.33. The average Bonchev–Trinajstić information content (AvgIpc) is 2.55. The van der Waals surface area contributed by atoms with Gasteiger partial charge in [-0.05, 0) is 37.1 Å². The van der Waals surface area contributed by atoms with Crippen LogP contribution < -0.4 is 5.32 Å². The summed E-state index contributed by atoms with van der Waals surface area (Å²) in [5.41, 5.74) is 2.90. The number of carbonyl (C=O) groups excluding carboxylic acids is 1. The maximum Gasteiger partial charge on any atom is 0.321 e. The summed E-state index contributed by atoms with van der Waals surface area (Å²) in [7, 11) is 0. The van der Waals surface area contributed by atoms with E-state index >= 15 is 0 Å². The van der Waals surface area contributed by atoms with E-state index in [1.165, 1.54) is 5.56 Å². The Hall–Kier alpha value is -2.27. The second-order valence-corrected chi connectivity index (χ2v) is 5.52. The Bertz CT molecular complexity index is 674. The van der Waals surface area contributed by atoms with Gasteiger partial charge in [0.25, 0.3) is 0 Å². The SMILES string of the molecule is CCOC(=O)[C@@H](C(=S)NCc1ccccc1C)c1ccccn1. The molecule has 1 aromatic carbocycles. The average molecular weight is 328 g/mol. The van der Waals surface area contributed by atoms with E-state index in [0.717, 1.165) is 5.56 Å². The minimum Gasteiger partial charge on any atom is -0.465 e. The molecule has 2 rings (SSSR count). The van der Waals surface area contributed by atoms with Crippen molar-refractivity contribution in [2.75, 3.05) is 6.61 Å². The fraction of sp³-hybridized carbons (Fsp3) is 0.278. The lowest BCUT2D eigenvalue weighted by Gasteiger charge is -2.18. The first-order valence-corrected chi connectivity index (χ1v) is 7.94. The van der Waals surface area contributed by atoms with E-state index in [4.69, 9.17) is 17.0 Å². The molecule has 1 N–H and O–H groups in total. The van der Waals surface area contributed by atoms with Gasteiger partial charge in [-0.25, -0.2) is 0 Å². The molecule has 0 aliphatic rings. The fourth-order valence-electron chi connectivity index (χ4n) is 2.23. The van der Waals surface area contributed by atoms with Crippen LogP contribution in [0.25, 0.3) is 0 Å². The van der Waals surface area contributed by atoms with Crippen molar-refractivity contribution < 1.29 is 9.53 Å². The van der Waals surface area contributed by atoms with Crippen LogP contribution in [0, 0.1) is 6.92 Å². The van der Waals surface area contributed by atoms with Gasteiger partial charge in [-0.1, -0.05) is 42.5 Å². The summed E-state index contributed by atoms with van der Waals surface area (Å²) in [6, 6.07) is 13.5. The molecule has 0 unspecified atom stereocenters. The molecule has 1 atom stereocenters. The first kappa shape index (κ1) is 17.1. The van der Waals surface area contributed by atoms with Crippen molar-refractivity contribution in [3.63, 3.8) is 0 Å². The van der Waals surface area contributed by atoms with Gasteiger partial charge in [-0.15, -0.1) is 0 Å². The molecule has 0 aliphatic carbocycles. The van der Waals surface area contributed by atoms with Crippen molar-refractivity contribution in [1.82, 2.24) is 10.3 Å². The van der Waals surface area contributed by atoms with Gasteiger partial charge in [-0.2, -0.15) is 0 Å². The normalized spacial score (nSPS) is 11.6. The molecule has 0 saturated heterocycles. The maximum absolute atomic E-state index is 12.3. The minimum absolute atomic E-state index is 0.308. The van der Waals surface area contributed by atoms with E-state index in [-0.39, 0.29) is 5.97 Å². The number of carbonyl (C=O) groups is 1. The summed E-state index contributed by atoms with van der Waals surface area (Å²) < 4.78 is 5.15. The highest BCUT2D eigenvalue weighted by molar-refractivity contribution is 7.80. The standard InChI is InChI=1S/C18H20N2O2S/c1-3-22-18(21)16(15-10-6-7-11-19-15)17(23)20-12-14-9-5-4-8-13(14)2/h4-11,16H,3,12H2,1-2H3,(H,20,23)/t16-/m1/s1. The fourth-order valence-corrected chi connectivity index (χ4v) is 2.52. The Balaban J connectivity index is 2.14. The van der Waals surface area contributed by atoms with E-state index in [9.17, 15) is 4.79 Å². The second-order valence-electron chi connectivity index (χ2n) is 5.08. The van der Waals surface area contributed by atoms with Gasteiger partial charge in [0.05, 0.1) is 17.3 Å². The number of esters is 1. The number of ether oxygens (including phenoxy) is 1. The lowest BCUT2D eigenvalue weighted by molar-refractivity contribution is -0.143. The lowest BCUT2D eigenvalue weighted by atomic mass is 10.0. The van der Waals surface area contributed by atoms with Crippen LogP contribution in [-0.4, -0.2) is 22.5 Å². The molecule has 0 fully saturated rings. The molecular formula is C18H20N2O2S. The number of rotatable bonds is 6. The molecule has 4 nitrogen and oxygen atoms in total. The number of nitrogens with zero attached hydrogens (tertiary/aromatic N) is 1. The minimum atomic E-state index is -0.685. The summed E-state index contributed by atoms with van der Waals surface area (Å²) in [6.07, 6.45) is 1.64. The summed E-state index contributed by atoms with van der Waals surface area (Å²) >= 11 is 5.44. The van der Waals surface area contributed by atoms with E-state index in [0.29, 0.717) is 23.8 Å². The van der Waals surface area contributed by atoms with Crippen LogP contribution in [0.2, 0.25) is 0 Å². The van der Waals surface area contributed by atoms with Crippen molar-refractivity contribution >= 4 is 23.2 Å². The number of pyridine rings is 1. The third-order valence-electron chi connectivity index (χ3n) is 3.48. The van der Waals surface area contributed by atoms with Crippen LogP contribution in [0.5, 0.6) is 0 Å². The molecule has 0 aliphatic heterocycles. The van der Waals surface area contributed by atoms with Crippen molar-refractivity contribution in [3.05, 3.63) is 65.5 Å². The van der Waals surface area contributed by atoms with Crippen LogP contribution in [-0.2, 0) is 16.1 Å². The monoisotopic (exact) mass is 328 g/mol. The quantitative estimate of drug-likeness (QED) is 0.652. The summed E-state index contributed by atoms with van der Waals surface area (Å²) in [5, 5.41) is 3.17. The number of benzene rings is 1. The Morgan fingerprint density at radius 3 is 2.65 bits per heavy atom. The molecule has 1 aromatic heterocycles. The number of hydrogen-bond donors (Lipinski definition) is 1. The predicted molar refractivity (Wildman–Crippen MR) is 94.2 cm³/mol. The summed E-state index contributed by atoms with van der Waals surface area (Å²) in [4.78, 5) is 16.9. The van der Waals surface area contributed by atoms with Gasteiger partial charge < -0.3 is 10.1 Å². The van der Waals surface area contributed by atoms with Gasteiger partial charge >= 0.3 is 5.97 Å². The molecule has 0 saturated carbocycles. The zero-order valence-electron chi connectivity index (χ0n) is 13.3. The smallest absolute Gasteiger partial charge is 0.321 e. The van der Waals surface area contributed by atoms with Crippen molar-refractivity contribution in [2.24, 2.45) is 0 Å². The highest BCUT2D eigenvalue weighted by atomic mass is 32.1. The molecule has 23 heavy (non-hydrogen) atoms. The maximum atomic E-state index is 12.3. The van der Waals surface area contributed by atoms with E-state index < -0.39 is 5.92 Å². The third-order valence-corrected chi connectivity index (χ3v) is 3.86. The zero-order valence-corrected chi connectivity index (χ0v) is 14.1. The van der Waals surface area contributed by atoms with Crippen molar-refractivity contribution in [1.29, 1.82) is 0 Å². The number of nitrogens with one attached hydrogen (secondary N) is 1. The largest absolute Gasteiger partial charge is 0.465 e. The molecule has 0 radical (unpaired) electrons. The Kier molecular flexibility index (Phi) is 6.23. The first-order chi connectivity index (χ1) is 11.1. The number of aryl methyl sites for hydroxylation is 1. The summed E-state index contributed by atoms with van der Waals surface area (Å²) in [5.74, 6) is -1.07. The van der Waals surface area contributed by atoms with Crippen molar-refractivity contribution in [2.45, 2.75) is 26.3 Å². The molecule has 0 amide bonds. The Labute approximate surface area is 141 Å². The molecule has 2 aromatic rings. The summed E-state index contributed by atoms with van der Waals surface area (Å²) in [6.45, 7) is 4.69. The van der Waals surface area contributed by atoms with Crippen LogP contribution in [0.4, 0.5) is 0 Å². The van der Waals surface area contributed by atoms with E-state index in [1.54, 1.807) is 25.3 Å². The number of thiocarbonyl (C=S) groups is 1. The van der Waals surface area contributed by atoms with Gasteiger partial charge in [0.15, 0.2) is 0 Å². The molecule has 120 valence electrons. The van der Waals surface area contributed by atoms with Gasteiger partial charge in [-0.3, -0.25) is 9.78 Å². The topological polar surface area (TPSA) is 51.2 Å². The Morgan fingerprint density at radius 2 is 2.00 bits per heavy atom. The van der Waals surface area contributed by atoms with Crippen LogP contribution in [0.3, 0.4) is 0 Å². The highest BCUT2D eigenvalue weighted by Gasteiger charge is 2.27. The molecule has 1 heterocycles. The highest BCUT2D eigenvalue weighted by Crippen LogP contribution is 2.17. The molecule has 0 bridgehead atoms. The number of aromatic nitrogens is 1. The second kappa shape index (κ2) is 8.39. The van der Waals surface area contributed by atoms with E-state index in [2.05, 4.69) is 10.3 Å². The predicted octanol–water partition coefficient (Wildman–Crippen LogP) is 3.15. The molecular weight excluding hydrogens is 308 g/mol. The Morgan fingerprint density at radius 1 is 1.26 bits per heavy atom. The van der Waals surface area contributed by atoms with Gasteiger partial charge in [0, 0.05) is 12.7 Å². The number of hydrogen-bond acceptors (Lipinski definition) is 4.